The highest BCUT2D eigenvalue weighted by atomic mass is 15.2. The summed E-state index contributed by atoms with van der Waals surface area (Å²) < 4.78 is 7.42. The van der Waals surface area contributed by atoms with Crippen LogP contribution >= 0.6 is 0 Å². The van der Waals surface area contributed by atoms with Gasteiger partial charge in [-0.1, -0.05) is 206 Å². The average Bonchev–Trinajstić information content (AvgIpc) is 1.32. The van der Waals surface area contributed by atoms with E-state index in [0.29, 0.717) is 0 Å². The maximum Gasteiger partial charge on any atom is 0.252 e. The van der Waals surface area contributed by atoms with Gasteiger partial charge in [-0.25, -0.2) is 0 Å². The van der Waals surface area contributed by atoms with Crippen LogP contribution in [-0.4, -0.2) is 20.4 Å². The van der Waals surface area contributed by atoms with Crippen LogP contribution in [0.3, 0.4) is 0 Å². The second kappa shape index (κ2) is 18.2. The number of hydrogen-bond donors (Lipinski definition) is 0. The monoisotopic (exact) mass is 1070 g/mol. The van der Waals surface area contributed by atoms with E-state index in [1.54, 1.807) is 0 Å². The van der Waals surface area contributed by atoms with Crippen LogP contribution in [0.25, 0.3) is 105 Å². The first-order chi connectivity index (χ1) is 41.7. The van der Waals surface area contributed by atoms with Crippen LogP contribution in [0.5, 0.6) is 0 Å². The topological polar surface area (TPSA) is 21.3 Å². The Kier molecular flexibility index (Phi) is 10.1. The van der Waals surface area contributed by atoms with Gasteiger partial charge < -0.3 is 23.5 Å². The van der Waals surface area contributed by atoms with E-state index in [1.165, 1.54) is 92.9 Å². The largest absolute Gasteiger partial charge is 0.311 e. The van der Waals surface area contributed by atoms with E-state index in [2.05, 4.69) is 327 Å². The van der Waals surface area contributed by atoms with Crippen molar-refractivity contribution in [2.24, 2.45) is 0 Å². The van der Waals surface area contributed by atoms with Crippen molar-refractivity contribution in [3.63, 3.8) is 0 Å². The van der Waals surface area contributed by atoms with E-state index in [4.69, 9.17) is 0 Å². The van der Waals surface area contributed by atoms with E-state index >= 15 is 0 Å². The van der Waals surface area contributed by atoms with Crippen molar-refractivity contribution in [3.05, 3.63) is 303 Å². The smallest absolute Gasteiger partial charge is 0.252 e. The van der Waals surface area contributed by atoms with Crippen LogP contribution in [0.2, 0.25) is 0 Å². The molecule has 0 unspecified atom stereocenters. The number of hydrogen-bond acceptors (Lipinski definition) is 2. The fourth-order valence-corrected chi connectivity index (χ4v) is 14.6. The van der Waals surface area contributed by atoms with Gasteiger partial charge in [0.2, 0.25) is 0 Å². The lowest BCUT2D eigenvalue weighted by molar-refractivity contribution is 1.16. The van der Waals surface area contributed by atoms with Crippen molar-refractivity contribution < 1.29 is 0 Å². The Bertz CT molecular complexity index is 4930. The molecule has 2 aliphatic rings. The minimum absolute atomic E-state index is 0.187. The van der Waals surface area contributed by atoms with E-state index in [9.17, 15) is 0 Å². The molecule has 16 aromatic rings. The second-order valence-corrected chi connectivity index (χ2v) is 22.4. The maximum atomic E-state index is 2.54. The van der Waals surface area contributed by atoms with Crippen LogP contribution < -0.4 is 26.2 Å². The highest BCUT2D eigenvalue weighted by molar-refractivity contribution is 7.00. The number of aromatic nitrogens is 3. The third-order valence-electron chi connectivity index (χ3n) is 18.0. The third-order valence-corrected chi connectivity index (χ3v) is 18.0. The molecule has 0 spiro atoms. The first-order valence-electron chi connectivity index (χ1n) is 29.0. The van der Waals surface area contributed by atoms with E-state index in [1.807, 2.05) is 0 Å². The van der Waals surface area contributed by atoms with Crippen LogP contribution in [-0.2, 0) is 0 Å². The Hall–Kier alpha value is -11.1. The quantitative estimate of drug-likeness (QED) is 0.148. The summed E-state index contributed by atoms with van der Waals surface area (Å²) in [5.41, 5.74) is 25.7. The molecule has 390 valence electrons. The minimum Gasteiger partial charge on any atom is -0.311 e. The lowest BCUT2D eigenvalue weighted by atomic mass is 9.33. The van der Waals surface area contributed by atoms with Gasteiger partial charge in [0.25, 0.3) is 6.71 Å². The minimum atomic E-state index is -0.187. The number of rotatable bonds is 7. The Morgan fingerprint density at radius 1 is 0.214 bits per heavy atom. The van der Waals surface area contributed by atoms with E-state index in [0.717, 1.165) is 62.3 Å². The molecule has 0 aliphatic carbocycles. The zero-order valence-electron chi connectivity index (χ0n) is 45.7. The second-order valence-electron chi connectivity index (χ2n) is 22.4. The Morgan fingerprint density at radius 2 is 0.524 bits per heavy atom. The van der Waals surface area contributed by atoms with E-state index < -0.39 is 0 Å². The molecule has 0 fully saturated rings. The summed E-state index contributed by atoms with van der Waals surface area (Å²) in [4.78, 5) is 5.08. The molecule has 0 saturated carbocycles. The average molecular weight is 1070 g/mol. The molecular weight excluding hydrogens is 1020 g/mol. The van der Waals surface area contributed by atoms with Crippen LogP contribution in [0.15, 0.2) is 303 Å². The van der Waals surface area contributed by atoms with Crippen molar-refractivity contribution in [2.75, 3.05) is 9.80 Å². The van der Waals surface area contributed by atoms with Gasteiger partial charge >= 0.3 is 0 Å². The summed E-state index contributed by atoms with van der Waals surface area (Å²) in [7, 11) is 0. The predicted octanol–water partition coefficient (Wildman–Crippen LogP) is 18.4. The fourth-order valence-electron chi connectivity index (χ4n) is 14.6. The van der Waals surface area contributed by atoms with Crippen LogP contribution in [0, 0.1) is 0 Å². The van der Waals surface area contributed by atoms with Gasteiger partial charge in [0.1, 0.15) is 0 Å². The lowest BCUT2D eigenvalue weighted by Gasteiger charge is -2.44. The first kappa shape index (κ1) is 46.7. The fraction of sp³-hybridized carbons (Fsp3) is 0. The SMILES string of the molecule is c1ccc(N2c3ccc(-c4ccccc4-n4c5ccccc5c5ccccc54)cc3B3c4cc(-c5ccccc5-n5c6ccccc6c6ccccc65)ccc4N(c4ccccc4)c4cc(-n5c6ccccc6c6ccccc65)cc2c43)cc1. The summed E-state index contributed by atoms with van der Waals surface area (Å²) in [5.74, 6) is 0. The molecule has 0 radical (unpaired) electrons. The molecule has 18 rings (SSSR count). The summed E-state index contributed by atoms with van der Waals surface area (Å²) in [6, 6.07) is 113. The zero-order chi connectivity index (χ0) is 55.0. The molecule has 0 atom stereocenters. The number of para-hydroxylation sites is 10. The molecule has 5 heterocycles. The molecule has 0 amide bonds. The first-order valence-corrected chi connectivity index (χ1v) is 29.0. The summed E-state index contributed by atoms with van der Waals surface area (Å²) >= 11 is 0. The molecule has 0 N–H and O–H groups in total. The molecule has 3 aromatic heterocycles. The van der Waals surface area contributed by atoms with E-state index in [-0.39, 0.29) is 6.71 Å². The number of nitrogens with zero attached hydrogens (tertiary/aromatic N) is 5. The van der Waals surface area contributed by atoms with Gasteiger partial charge in [-0.15, -0.1) is 0 Å². The van der Waals surface area contributed by atoms with Gasteiger partial charge in [0.05, 0.1) is 50.2 Å². The van der Waals surface area contributed by atoms with Crippen molar-refractivity contribution in [1.29, 1.82) is 0 Å². The highest BCUT2D eigenvalue weighted by Crippen LogP contribution is 2.48. The van der Waals surface area contributed by atoms with Crippen LogP contribution in [0.1, 0.15) is 0 Å². The normalized spacial score (nSPS) is 12.7. The summed E-state index contributed by atoms with van der Waals surface area (Å²) in [6.07, 6.45) is 0. The highest BCUT2D eigenvalue weighted by Gasteiger charge is 2.44. The standard InChI is InChI=1S/C78H50BN5/c1-3-23-53(24-4-1)80-74-45-43-51(56-27-7-15-35-66(56)83-70-39-19-11-31-60(70)61-32-12-20-40-71(61)83)47-64(74)79-65-48-52(57-28-8-16-36-67(57)84-72-41-21-13-33-62(72)63-34-14-22-42-73(63)84)44-46-75(65)81(54-25-5-2-6-26-54)77-50-55(49-76(80)78(77)79)82-68-37-17-9-29-58(68)59-30-10-18-38-69(59)82/h1-50H. The third kappa shape index (κ3) is 6.73. The number of benzene rings is 13. The van der Waals surface area contributed by atoms with Crippen molar-refractivity contribution >= 4 is 123 Å². The Balaban J connectivity index is 0.941. The summed E-state index contributed by atoms with van der Waals surface area (Å²) in [5, 5.41) is 7.44. The van der Waals surface area contributed by atoms with Crippen LogP contribution in [0.4, 0.5) is 34.1 Å². The number of fused-ring (bicyclic) bond motifs is 13. The molecular formula is C78H50BN5. The number of anilines is 6. The zero-order valence-corrected chi connectivity index (χ0v) is 45.7. The van der Waals surface area contributed by atoms with Crippen molar-refractivity contribution in [1.82, 2.24) is 13.7 Å². The van der Waals surface area contributed by atoms with Gasteiger partial charge in [-0.3, -0.25) is 0 Å². The molecule has 13 aromatic carbocycles. The molecule has 5 nitrogen and oxygen atoms in total. The lowest BCUT2D eigenvalue weighted by Crippen LogP contribution is -2.61. The van der Waals surface area contributed by atoms with Gasteiger partial charge in [0.15, 0.2) is 0 Å². The molecule has 0 saturated heterocycles. The van der Waals surface area contributed by atoms with Gasteiger partial charge in [-0.2, -0.15) is 0 Å². The van der Waals surface area contributed by atoms with Gasteiger partial charge in [-0.05, 0) is 125 Å². The van der Waals surface area contributed by atoms with Crippen molar-refractivity contribution in [2.45, 2.75) is 0 Å². The molecule has 0 bridgehead atoms. The molecule has 2 aliphatic heterocycles. The van der Waals surface area contributed by atoms with Crippen molar-refractivity contribution in [3.8, 4) is 39.3 Å². The summed E-state index contributed by atoms with van der Waals surface area (Å²) in [6.45, 7) is -0.187. The van der Waals surface area contributed by atoms with Gasteiger partial charge in [0, 0.05) is 77.6 Å². The Morgan fingerprint density at radius 3 is 0.893 bits per heavy atom. The predicted molar refractivity (Wildman–Crippen MR) is 354 cm³/mol. The molecule has 6 heteroatoms. The Labute approximate surface area is 486 Å². The molecule has 84 heavy (non-hydrogen) atoms. The maximum absolute atomic E-state index is 2.54.